The Morgan fingerprint density at radius 1 is 0.405 bits per heavy atom. The third-order valence-electron chi connectivity index (χ3n) is 7.60. The lowest BCUT2D eigenvalue weighted by Crippen LogP contribution is -2.04. The second-order valence-electron chi connectivity index (χ2n) is 11.3. The summed E-state index contributed by atoms with van der Waals surface area (Å²) in [6, 6.07) is 6.38. The minimum absolute atomic E-state index is 0.829. The second kappa shape index (κ2) is 26.4. The molecule has 216 valence electrons. The molecule has 1 aromatic rings. The van der Waals surface area contributed by atoms with Crippen LogP contribution in [0.25, 0.3) is 0 Å². The Hall–Kier alpha value is -1.18. The Morgan fingerprint density at radius 3 is 1.05 bits per heavy atom. The van der Waals surface area contributed by atoms with Crippen LogP contribution >= 0.6 is 0 Å². The van der Waals surface area contributed by atoms with Crippen molar-refractivity contribution < 1.29 is 9.47 Å². The topological polar surface area (TPSA) is 18.5 Å². The smallest absolute Gasteiger partial charge is 0.126 e. The second-order valence-corrected chi connectivity index (χ2v) is 11.3. The molecule has 1 rings (SSSR count). The zero-order valence-electron chi connectivity index (χ0n) is 25.4. The summed E-state index contributed by atoms with van der Waals surface area (Å²) in [5.41, 5.74) is 1.27. The van der Waals surface area contributed by atoms with E-state index in [2.05, 4.69) is 39.0 Å². The SMILES string of the molecule is CCCCCCCCCCCCCOc1cccc(OCCCCCCCCCCCCC)c1CCC. The van der Waals surface area contributed by atoms with E-state index in [0.717, 1.165) is 50.4 Å². The molecule has 0 heterocycles. The summed E-state index contributed by atoms with van der Waals surface area (Å²) in [6.07, 6.45) is 32.3. The Bertz CT molecular complexity index is 551. The van der Waals surface area contributed by atoms with Crippen LogP contribution in [0.3, 0.4) is 0 Å². The minimum Gasteiger partial charge on any atom is -0.493 e. The summed E-state index contributed by atoms with van der Waals surface area (Å²) in [5, 5.41) is 0. The third kappa shape index (κ3) is 19.5. The molecular formula is C35H64O2. The van der Waals surface area contributed by atoms with E-state index in [-0.39, 0.29) is 0 Å². The van der Waals surface area contributed by atoms with Gasteiger partial charge in [-0.15, -0.1) is 0 Å². The summed E-state index contributed by atoms with van der Waals surface area (Å²) in [4.78, 5) is 0. The van der Waals surface area contributed by atoms with Crippen LogP contribution in [0.4, 0.5) is 0 Å². The molecule has 0 aromatic heterocycles. The van der Waals surface area contributed by atoms with Crippen LogP contribution in [0.15, 0.2) is 18.2 Å². The van der Waals surface area contributed by atoms with Crippen LogP contribution in [0, 0.1) is 0 Å². The molecule has 0 N–H and O–H groups in total. The monoisotopic (exact) mass is 516 g/mol. The van der Waals surface area contributed by atoms with Gasteiger partial charge in [-0.1, -0.05) is 162 Å². The van der Waals surface area contributed by atoms with Crippen molar-refractivity contribution in [3.05, 3.63) is 23.8 Å². The van der Waals surface area contributed by atoms with Crippen molar-refractivity contribution in [2.24, 2.45) is 0 Å². The molecule has 0 bridgehead atoms. The van der Waals surface area contributed by atoms with Gasteiger partial charge in [-0.2, -0.15) is 0 Å². The van der Waals surface area contributed by atoms with Crippen molar-refractivity contribution >= 4 is 0 Å². The summed E-state index contributed by atoms with van der Waals surface area (Å²) < 4.78 is 12.5. The molecule has 0 spiro atoms. The van der Waals surface area contributed by atoms with E-state index in [1.165, 1.54) is 134 Å². The van der Waals surface area contributed by atoms with Crippen LogP contribution in [0.5, 0.6) is 11.5 Å². The summed E-state index contributed by atoms with van der Waals surface area (Å²) in [6.45, 7) is 8.48. The zero-order chi connectivity index (χ0) is 26.7. The Kier molecular flexibility index (Phi) is 24.2. The van der Waals surface area contributed by atoms with Crippen molar-refractivity contribution in [1.29, 1.82) is 0 Å². The van der Waals surface area contributed by atoms with Gasteiger partial charge in [0.05, 0.1) is 13.2 Å². The van der Waals surface area contributed by atoms with E-state index >= 15 is 0 Å². The first-order chi connectivity index (χ1) is 18.3. The molecule has 0 aliphatic heterocycles. The molecule has 2 heteroatoms. The van der Waals surface area contributed by atoms with Gasteiger partial charge in [-0.05, 0) is 31.4 Å². The molecule has 0 fully saturated rings. The van der Waals surface area contributed by atoms with Gasteiger partial charge in [0.2, 0.25) is 0 Å². The number of unbranched alkanes of at least 4 members (excludes halogenated alkanes) is 20. The van der Waals surface area contributed by atoms with E-state index < -0.39 is 0 Å². The number of rotatable bonds is 28. The summed E-state index contributed by atoms with van der Waals surface area (Å²) >= 11 is 0. The normalized spacial score (nSPS) is 11.2. The van der Waals surface area contributed by atoms with Crippen LogP contribution in [0.1, 0.15) is 174 Å². The highest BCUT2D eigenvalue weighted by molar-refractivity contribution is 5.45. The van der Waals surface area contributed by atoms with E-state index in [0.29, 0.717) is 0 Å². The molecule has 0 aliphatic carbocycles. The molecule has 0 unspecified atom stereocenters. The fourth-order valence-corrected chi connectivity index (χ4v) is 5.21. The fourth-order valence-electron chi connectivity index (χ4n) is 5.21. The van der Waals surface area contributed by atoms with Gasteiger partial charge in [0.1, 0.15) is 11.5 Å². The molecule has 0 saturated heterocycles. The van der Waals surface area contributed by atoms with E-state index in [9.17, 15) is 0 Å². The molecule has 0 atom stereocenters. The van der Waals surface area contributed by atoms with Crippen molar-refractivity contribution in [1.82, 2.24) is 0 Å². The van der Waals surface area contributed by atoms with Crippen LogP contribution in [0.2, 0.25) is 0 Å². The Labute approximate surface area is 232 Å². The maximum absolute atomic E-state index is 6.25. The van der Waals surface area contributed by atoms with Crippen molar-refractivity contribution in [3.8, 4) is 11.5 Å². The zero-order valence-corrected chi connectivity index (χ0v) is 25.4. The molecule has 2 nitrogen and oxygen atoms in total. The summed E-state index contributed by atoms with van der Waals surface area (Å²) in [7, 11) is 0. The quantitative estimate of drug-likeness (QED) is 0.103. The Morgan fingerprint density at radius 2 is 0.730 bits per heavy atom. The molecule has 0 radical (unpaired) electrons. The van der Waals surface area contributed by atoms with E-state index in [1.54, 1.807) is 0 Å². The standard InChI is InChI=1S/C35H64O2/c1-4-7-9-11-13-15-17-19-21-23-25-31-36-34-29-27-30-35(33(34)28-6-3)37-32-26-24-22-20-18-16-14-12-10-8-5-2/h27,29-30H,4-26,28,31-32H2,1-3H3. The molecule has 37 heavy (non-hydrogen) atoms. The molecule has 0 saturated carbocycles. The lowest BCUT2D eigenvalue weighted by molar-refractivity contribution is 0.284. The molecule has 0 aliphatic rings. The maximum atomic E-state index is 6.25. The first-order valence-corrected chi connectivity index (χ1v) is 16.7. The van der Waals surface area contributed by atoms with Crippen molar-refractivity contribution in [2.45, 2.75) is 175 Å². The predicted octanol–water partition coefficient (Wildman–Crippen LogP) is 12.0. The van der Waals surface area contributed by atoms with Gasteiger partial charge in [0.25, 0.3) is 0 Å². The van der Waals surface area contributed by atoms with Gasteiger partial charge in [0, 0.05) is 5.56 Å². The van der Waals surface area contributed by atoms with Gasteiger partial charge < -0.3 is 9.47 Å². The highest BCUT2D eigenvalue weighted by atomic mass is 16.5. The Balaban J connectivity index is 2.14. The van der Waals surface area contributed by atoms with Crippen LogP contribution in [-0.2, 0) is 6.42 Å². The highest BCUT2D eigenvalue weighted by Gasteiger charge is 2.10. The van der Waals surface area contributed by atoms with Crippen LogP contribution in [-0.4, -0.2) is 13.2 Å². The average molecular weight is 517 g/mol. The first kappa shape index (κ1) is 33.8. The molecule has 1 aromatic carbocycles. The number of benzene rings is 1. The van der Waals surface area contributed by atoms with Gasteiger partial charge >= 0.3 is 0 Å². The van der Waals surface area contributed by atoms with Crippen molar-refractivity contribution in [2.75, 3.05) is 13.2 Å². The molecule has 0 amide bonds. The first-order valence-electron chi connectivity index (χ1n) is 16.7. The maximum Gasteiger partial charge on any atom is 0.126 e. The van der Waals surface area contributed by atoms with Gasteiger partial charge in [-0.3, -0.25) is 0 Å². The van der Waals surface area contributed by atoms with E-state index in [1.807, 2.05) is 0 Å². The summed E-state index contributed by atoms with van der Waals surface area (Å²) in [5.74, 6) is 2.09. The van der Waals surface area contributed by atoms with Gasteiger partial charge in [-0.25, -0.2) is 0 Å². The lowest BCUT2D eigenvalue weighted by Gasteiger charge is -2.16. The van der Waals surface area contributed by atoms with E-state index in [4.69, 9.17) is 9.47 Å². The predicted molar refractivity (Wildman–Crippen MR) is 164 cm³/mol. The largest absolute Gasteiger partial charge is 0.493 e. The lowest BCUT2D eigenvalue weighted by atomic mass is 10.1. The number of ether oxygens (including phenoxy) is 2. The van der Waals surface area contributed by atoms with Crippen molar-refractivity contribution in [3.63, 3.8) is 0 Å². The van der Waals surface area contributed by atoms with Gasteiger partial charge in [0.15, 0.2) is 0 Å². The average Bonchev–Trinajstić information content (AvgIpc) is 2.91. The van der Waals surface area contributed by atoms with Crippen LogP contribution < -0.4 is 9.47 Å². The number of hydrogen-bond donors (Lipinski definition) is 0. The third-order valence-corrected chi connectivity index (χ3v) is 7.60. The fraction of sp³-hybridized carbons (Fsp3) is 0.829. The minimum atomic E-state index is 0.829. The molecular weight excluding hydrogens is 452 g/mol. The highest BCUT2D eigenvalue weighted by Crippen LogP contribution is 2.30. The number of hydrogen-bond acceptors (Lipinski definition) is 2.